The molecule has 0 radical (unpaired) electrons. The molecule has 4 aromatic rings. The Morgan fingerprint density at radius 2 is 1.05 bits per heavy atom. The number of carboxylic acid groups (broad SMARTS) is 1. The minimum absolute atomic E-state index is 0.000288. The standard InChI is InChI=1S/C28H34NO8PSi.C27H39N3O5S2Si.C20H25N3O5S2/c1-7-18-33-28(31)25-26(19(2)24-23(27(30)29(24)25)20(3)37-39(4,5)6)36-38(32,34-21-14-10-8-11-15-21)35-22-16-12-9-13-17-22;1-9-12-34-26(32)23-24(16(2)22-21(25(31)30(22)23)17(3)35-38(6,7)8)37-27-28-20(15-36-27)18-10-11-29(4)19(13-18)14-33-5;1-9-15-14(10(2)25)18(26)23(15)16(19(27)28)17(9)30-20-21-13(8-29-20)11-4-5-22(3)12(6-11)7-24/h7-17,19-20,23-24H,1,18H2,2-6H3;9-10,15-17,19,21-22H,1,11-14H2,2-8H3;4,8-10,12,14-15,24-25H,5-7H2,1-3H3,(H,27,28)/t19-,20-,23-,24-;16-,17-,19+,21-,22-;9-,10-,12+,14-,15-/m111/s1. The fourth-order valence-electron chi connectivity index (χ4n) is 14.9. The predicted octanol–water partition coefficient (Wildman–Crippen LogP) is 12.0. The van der Waals surface area contributed by atoms with Crippen molar-refractivity contribution in [3.05, 3.63) is 153 Å². The number of aliphatic carboxylic acids is 1. The molecule has 0 unspecified atom stereocenters. The molecule has 2 aromatic carbocycles. The van der Waals surface area contributed by atoms with Crippen molar-refractivity contribution < 1.29 is 85.3 Å². The largest absolute Gasteiger partial charge is 0.646 e. The summed E-state index contributed by atoms with van der Waals surface area (Å²) in [6.07, 6.45) is 7.45. The molecule has 10 heterocycles. The van der Waals surface area contributed by atoms with E-state index >= 15 is 0 Å². The van der Waals surface area contributed by atoms with Crippen LogP contribution in [0.25, 0.3) is 11.1 Å². The van der Waals surface area contributed by atoms with Gasteiger partial charge in [-0.3, -0.25) is 29.1 Å². The Kier molecular flexibility index (Phi) is 26.7. The van der Waals surface area contributed by atoms with E-state index in [0.29, 0.717) is 29.7 Å². The van der Waals surface area contributed by atoms with Gasteiger partial charge in [-0.25, -0.2) is 24.4 Å². The Hall–Kier alpha value is -6.82. The van der Waals surface area contributed by atoms with Crippen molar-refractivity contribution in [3.8, 4) is 11.5 Å². The van der Waals surface area contributed by atoms with E-state index in [0.717, 1.165) is 50.1 Å². The van der Waals surface area contributed by atoms with E-state index in [1.54, 1.807) is 97.9 Å². The number of rotatable bonds is 29. The van der Waals surface area contributed by atoms with Crippen molar-refractivity contribution >= 4 is 117 Å². The summed E-state index contributed by atoms with van der Waals surface area (Å²) in [5.74, 6) is -4.76. The molecule has 0 aliphatic carbocycles. The first-order valence-electron chi connectivity index (χ1n) is 35.6. The molecule has 8 aliphatic heterocycles. The summed E-state index contributed by atoms with van der Waals surface area (Å²) in [7, 11) is -2.41. The number of nitrogens with zero attached hydrogens (tertiary/aromatic N) is 7. The van der Waals surface area contributed by atoms with E-state index in [9.17, 15) is 48.7 Å². The third-order valence-electron chi connectivity index (χ3n) is 19.8. The molecule has 0 spiro atoms. The number of aliphatic hydroxyl groups is 2. The number of carbonyl (C=O) groups is 6. The topological polar surface area (TPSA) is 296 Å². The van der Waals surface area contributed by atoms with Gasteiger partial charge >= 0.3 is 25.7 Å². The smallest absolute Gasteiger partial charge is 0.477 e. The van der Waals surface area contributed by atoms with Gasteiger partial charge in [0.2, 0.25) is 17.7 Å². The van der Waals surface area contributed by atoms with Crippen LogP contribution in [-0.2, 0) is 60.9 Å². The van der Waals surface area contributed by atoms with Gasteiger partial charge in [0.15, 0.2) is 31.0 Å². The Bertz CT molecular complexity index is 4170. The fraction of sp³-hybridized carbons (Fsp3) is 0.493. The number of hydrogen-bond acceptors (Lipinski definition) is 25. The highest BCUT2D eigenvalue weighted by atomic mass is 32.2. The zero-order chi connectivity index (χ0) is 77.9. The Morgan fingerprint density at radius 3 is 1.49 bits per heavy atom. The number of ether oxygens (including phenoxy) is 3. The van der Waals surface area contributed by atoms with E-state index in [1.807, 2.05) is 52.8 Å². The second-order valence-corrected chi connectivity index (χ2v) is 44.3. The van der Waals surface area contributed by atoms with Crippen molar-refractivity contribution in [1.29, 1.82) is 0 Å². The molecule has 32 heteroatoms. The average Bonchev–Trinajstić information content (AvgIpc) is 1.58. The number of aromatic nitrogens is 2. The van der Waals surface area contributed by atoms with Crippen molar-refractivity contribution in [2.45, 2.75) is 151 Å². The maximum Gasteiger partial charge on any atom is 0.646 e. The lowest BCUT2D eigenvalue weighted by molar-refractivity contribution is -0.163. The quantitative estimate of drug-likeness (QED) is 0.0150. The van der Waals surface area contributed by atoms with E-state index in [2.05, 4.69) is 74.1 Å². The molecule has 3 fully saturated rings. The zero-order valence-electron chi connectivity index (χ0n) is 63.1. The number of carbonyl (C=O) groups excluding carboxylic acids is 5. The minimum atomic E-state index is -4.42. The third-order valence-corrected chi connectivity index (χ3v) is 27.7. The molecule has 0 bridgehead atoms. The van der Waals surface area contributed by atoms with Gasteiger partial charge in [0.05, 0.1) is 78.8 Å². The van der Waals surface area contributed by atoms with Gasteiger partial charge in [-0.1, -0.05) is 118 Å². The van der Waals surface area contributed by atoms with Crippen LogP contribution in [0.4, 0.5) is 0 Å². The van der Waals surface area contributed by atoms with Crippen LogP contribution < -0.4 is 9.05 Å². The monoisotopic (exact) mass is 1600 g/mol. The summed E-state index contributed by atoms with van der Waals surface area (Å²) in [4.78, 5) is 97.3. The Morgan fingerprint density at radius 1 is 0.636 bits per heavy atom. The number of aliphatic hydroxyl groups excluding tert-OH is 2. The molecule has 0 saturated carbocycles. The van der Waals surface area contributed by atoms with E-state index in [-0.39, 0.29) is 114 Å². The predicted molar refractivity (Wildman–Crippen MR) is 416 cm³/mol. The number of thioether (sulfide) groups is 2. The van der Waals surface area contributed by atoms with Gasteiger partial charge in [-0.05, 0) is 122 Å². The first kappa shape index (κ1) is 82.7. The number of likely N-dealkylation sites (N-methyl/N-ethyl adjacent to an activating group) is 2. The summed E-state index contributed by atoms with van der Waals surface area (Å²) >= 11 is 5.77. The zero-order valence-corrected chi connectivity index (χ0v) is 69.2. The number of phosphoric ester groups is 1. The minimum Gasteiger partial charge on any atom is -0.477 e. The van der Waals surface area contributed by atoms with Crippen LogP contribution in [0.3, 0.4) is 0 Å². The molecule has 8 aliphatic rings. The van der Waals surface area contributed by atoms with Gasteiger partial charge in [-0.15, -0.1) is 22.7 Å². The number of para-hydroxylation sites is 2. The summed E-state index contributed by atoms with van der Waals surface area (Å²) < 4.78 is 61.9. The number of thiazole rings is 2. The third kappa shape index (κ3) is 18.1. The normalized spacial score (nSPS) is 25.8. The SMILES string of the molecule is C=CCOC(=O)C1=C(OP(=O)(Oc2ccccc2)Oc2ccccc2)[C@H](C)[C@@H]2[C@@H]([C@@H](C)O[Si](C)(C)C)C(=O)N12.C=CCOC(=O)C1=C(Sc2nc(C3=CCN(C)[C@H](COC)C3)cs2)[C@H](C)[C@@H]2[C@@H]([C@@H](C)O[Si](C)(C)C)C(=O)N12.C[C@@H](O)[C@H]1C(=O)N2C(C(=O)O)=C(Sc3nc(C4=CCN(C)[C@H](CO)C4)cs3)[C@H](C)[C@H]12. The molecule has 107 heavy (non-hydrogen) atoms. The summed E-state index contributed by atoms with van der Waals surface area (Å²) in [6.45, 7) is 33.3. The molecule has 3 saturated heterocycles. The number of carboxylic acids is 1. The van der Waals surface area contributed by atoms with Gasteiger partial charge < -0.3 is 61.8 Å². The van der Waals surface area contributed by atoms with Crippen LogP contribution in [0, 0.1) is 35.5 Å². The van der Waals surface area contributed by atoms with Crippen molar-refractivity contribution in [3.63, 3.8) is 0 Å². The molecule has 3 N–H and O–H groups in total. The lowest BCUT2D eigenvalue weighted by atomic mass is 9.79. The highest BCUT2D eigenvalue weighted by molar-refractivity contribution is 8.05. The molecule has 3 amide bonds. The van der Waals surface area contributed by atoms with Gasteiger partial charge in [0.25, 0.3) is 0 Å². The van der Waals surface area contributed by atoms with Crippen LogP contribution in [0.2, 0.25) is 39.3 Å². The first-order valence-corrected chi connectivity index (χ1v) is 47.3. The molecule has 12 rings (SSSR count). The molecular formula is C75H98N7O18PS4Si2. The fourth-order valence-corrected chi connectivity index (χ4v) is 23.0. The molecule has 2 aromatic heterocycles. The van der Waals surface area contributed by atoms with Gasteiger partial charge in [-0.2, -0.15) is 4.57 Å². The number of methoxy groups -OCH3 is 1. The molecule has 14 atom stereocenters. The Labute approximate surface area is 644 Å². The van der Waals surface area contributed by atoms with Gasteiger partial charge in [0.1, 0.15) is 41.9 Å². The van der Waals surface area contributed by atoms with Crippen LogP contribution in [-0.4, -0.2) is 211 Å². The molecule has 578 valence electrons. The summed E-state index contributed by atoms with van der Waals surface area (Å²) in [5, 5.41) is 33.3. The maximum atomic E-state index is 14.2. The number of benzene rings is 2. The Balaban J connectivity index is 0.000000173. The number of phosphoric acid groups is 1. The highest BCUT2D eigenvalue weighted by Crippen LogP contribution is 2.59. The summed E-state index contributed by atoms with van der Waals surface area (Å²) in [5.41, 5.74) is 4.33. The van der Waals surface area contributed by atoms with E-state index in [4.69, 9.17) is 46.6 Å². The number of amides is 3. The lowest BCUT2D eigenvalue weighted by Gasteiger charge is -2.48. The van der Waals surface area contributed by atoms with E-state index < -0.39 is 72.3 Å². The highest BCUT2D eigenvalue weighted by Gasteiger charge is 2.64. The van der Waals surface area contributed by atoms with Crippen LogP contribution >= 0.6 is 54.0 Å². The second kappa shape index (κ2) is 34.6. The van der Waals surface area contributed by atoms with Crippen molar-refractivity contribution in [1.82, 2.24) is 34.5 Å². The van der Waals surface area contributed by atoms with Crippen molar-refractivity contribution in [2.24, 2.45) is 35.5 Å². The first-order chi connectivity index (χ1) is 50.6. The summed E-state index contributed by atoms with van der Waals surface area (Å²) in [6, 6.07) is 16.3. The molecule has 25 nitrogen and oxygen atoms in total. The number of β-lactam (4-membered cyclic amide) rings is 3. The number of fused-ring (bicyclic) bond motifs is 3. The van der Waals surface area contributed by atoms with E-state index in [1.165, 1.54) is 62.4 Å². The number of hydrogen-bond donors (Lipinski definition) is 3. The van der Waals surface area contributed by atoms with Crippen LogP contribution in [0.15, 0.2) is 150 Å². The lowest BCUT2D eigenvalue weighted by Crippen LogP contribution is -2.64. The second-order valence-electron chi connectivity index (χ2n) is 29.6. The maximum absolute atomic E-state index is 14.2. The molecular weight excluding hydrogens is 1500 g/mol. The number of esters is 2. The van der Waals surface area contributed by atoms with Crippen LogP contribution in [0.1, 0.15) is 65.8 Å². The van der Waals surface area contributed by atoms with Gasteiger partial charge in [0, 0.05) is 70.6 Å². The van der Waals surface area contributed by atoms with Crippen molar-refractivity contribution in [2.75, 3.05) is 60.7 Å². The van der Waals surface area contributed by atoms with Crippen LogP contribution in [0.5, 0.6) is 11.5 Å². The average molecular weight is 1600 g/mol.